The summed E-state index contributed by atoms with van der Waals surface area (Å²) in [6, 6.07) is 0.522. The standard InChI is InChI=1S/C19H17F5N6O2/c1-3-29(11(2)10-32-18-25-8-12(9-26-18)19(22,23)24)17(31)14-6-13(20)7-15(21)16(14)30-27-4-5-28-30/h4-9,11H,3,10H2,1-2H3. The van der Waals surface area contributed by atoms with E-state index in [4.69, 9.17) is 4.74 Å². The first kappa shape index (κ1) is 23.0. The Labute approximate surface area is 178 Å². The van der Waals surface area contributed by atoms with Crippen molar-refractivity contribution in [1.82, 2.24) is 29.9 Å². The van der Waals surface area contributed by atoms with E-state index in [9.17, 15) is 26.7 Å². The summed E-state index contributed by atoms with van der Waals surface area (Å²) in [5.74, 6) is -2.70. The van der Waals surface area contributed by atoms with Gasteiger partial charge in [0.2, 0.25) is 0 Å². The minimum absolute atomic E-state index is 0.140. The molecule has 32 heavy (non-hydrogen) atoms. The highest BCUT2D eigenvalue weighted by molar-refractivity contribution is 5.98. The van der Waals surface area contributed by atoms with E-state index in [2.05, 4.69) is 20.2 Å². The van der Waals surface area contributed by atoms with Crippen molar-refractivity contribution in [2.45, 2.75) is 26.1 Å². The number of carbonyl (C=O) groups is 1. The van der Waals surface area contributed by atoms with Gasteiger partial charge in [-0.1, -0.05) is 0 Å². The molecule has 0 bridgehead atoms. The Morgan fingerprint density at radius 2 is 1.78 bits per heavy atom. The Morgan fingerprint density at radius 3 is 2.34 bits per heavy atom. The van der Waals surface area contributed by atoms with Crippen LogP contribution in [0.1, 0.15) is 29.8 Å². The average molecular weight is 456 g/mol. The van der Waals surface area contributed by atoms with Crippen LogP contribution >= 0.6 is 0 Å². The van der Waals surface area contributed by atoms with E-state index >= 15 is 0 Å². The SMILES string of the molecule is CCN(C(=O)c1cc(F)cc(F)c1-n1nccn1)C(C)COc1ncc(C(F)(F)F)cn1. The molecule has 8 nitrogen and oxygen atoms in total. The van der Waals surface area contributed by atoms with Crippen molar-refractivity contribution in [3.63, 3.8) is 0 Å². The van der Waals surface area contributed by atoms with E-state index in [0.717, 1.165) is 10.9 Å². The molecule has 0 aliphatic carbocycles. The molecule has 1 atom stereocenters. The van der Waals surface area contributed by atoms with Gasteiger partial charge >= 0.3 is 12.2 Å². The van der Waals surface area contributed by atoms with Gasteiger partial charge in [-0.05, 0) is 19.9 Å². The molecule has 1 aromatic carbocycles. The lowest BCUT2D eigenvalue weighted by Gasteiger charge is -2.28. The zero-order chi connectivity index (χ0) is 23.5. The number of alkyl halides is 3. The van der Waals surface area contributed by atoms with Crippen molar-refractivity contribution < 1.29 is 31.5 Å². The summed E-state index contributed by atoms with van der Waals surface area (Å²) in [6.45, 7) is 3.19. The molecule has 3 rings (SSSR count). The zero-order valence-electron chi connectivity index (χ0n) is 16.8. The minimum Gasteiger partial charge on any atom is -0.461 e. The number of hydrogen-bond donors (Lipinski definition) is 0. The van der Waals surface area contributed by atoms with Gasteiger partial charge in [0, 0.05) is 25.0 Å². The molecular formula is C19H17F5N6O2. The van der Waals surface area contributed by atoms with Crippen molar-refractivity contribution in [3.8, 4) is 11.7 Å². The number of carbonyl (C=O) groups excluding carboxylic acids is 1. The van der Waals surface area contributed by atoms with Crippen molar-refractivity contribution in [1.29, 1.82) is 0 Å². The van der Waals surface area contributed by atoms with Gasteiger partial charge in [0.15, 0.2) is 5.82 Å². The van der Waals surface area contributed by atoms with Gasteiger partial charge in [-0.2, -0.15) is 23.4 Å². The maximum absolute atomic E-state index is 14.5. The molecule has 0 saturated heterocycles. The normalized spacial score (nSPS) is 12.5. The number of benzene rings is 1. The maximum Gasteiger partial charge on any atom is 0.419 e. The molecule has 0 spiro atoms. The van der Waals surface area contributed by atoms with Crippen LogP contribution in [0.25, 0.3) is 5.69 Å². The van der Waals surface area contributed by atoms with Gasteiger partial charge in [-0.25, -0.2) is 18.7 Å². The van der Waals surface area contributed by atoms with Crippen LogP contribution in [0.3, 0.4) is 0 Å². The van der Waals surface area contributed by atoms with Crippen LogP contribution in [0, 0.1) is 11.6 Å². The second kappa shape index (κ2) is 9.24. The summed E-state index contributed by atoms with van der Waals surface area (Å²) in [4.78, 5) is 22.3. The summed E-state index contributed by atoms with van der Waals surface area (Å²) in [6.07, 6.45) is -0.883. The first-order chi connectivity index (χ1) is 15.1. The predicted octanol–water partition coefficient (Wildman–Crippen LogP) is 3.28. The number of nitrogens with zero attached hydrogens (tertiary/aromatic N) is 6. The summed E-state index contributed by atoms with van der Waals surface area (Å²) in [5.41, 5.74) is -1.66. The van der Waals surface area contributed by atoms with Gasteiger partial charge in [-0.15, -0.1) is 4.80 Å². The second-order valence-corrected chi connectivity index (χ2v) is 6.61. The van der Waals surface area contributed by atoms with Gasteiger partial charge < -0.3 is 9.64 Å². The van der Waals surface area contributed by atoms with E-state index in [-0.39, 0.29) is 30.4 Å². The number of hydrogen-bond acceptors (Lipinski definition) is 6. The fraction of sp³-hybridized carbons (Fsp3) is 0.316. The number of aromatic nitrogens is 5. The maximum atomic E-state index is 14.5. The molecule has 0 aliphatic rings. The van der Waals surface area contributed by atoms with Gasteiger partial charge in [0.05, 0.1) is 29.6 Å². The predicted molar refractivity (Wildman–Crippen MR) is 100.0 cm³/mol. The highest BCUT2D eigenvalue weighted by atomic mass is 19.4. The summed E-state index contributed by atoms with van der Waals surface area (Å²) in [7, 11) is 0. The molecule has 0 saturated carbocycles. The van der Waals surface area contributed by atoms with Crippen LogP contribution in [-0.2, 0) is 6.18 Å². The number of rotatable bonds is 7. The molecule has 0 N–H and O–H groups in total. The van der Waals surface area contributed by atoms with Crippen LogP contribution in [0.4, 0.5) is 22.0 Å². The Bertz CT molecular complexity index is 1070. The fourth-order valence-corrected chi connectivity index (χ4v) is 2.90. The zero-order valence-corrected chi connectivity index (χ0v) is 16.8. The third-order valence-corrected chi connectivity index (χ3v) is 4.42. The Kier molecular flexibility index (Phi) is 6.65. The monoisotopic (exact) mass is 456 g/mol. The van der Waals surface area contributed by atoms with Gasteiger partial charge in [-0.3, -0.25) is 4.79 Å². The first-order valence-corrected chi connectivity index (χ1v) is 9.30. The van der Waals surface area contributed by atoms with Crippen LogP contribution in [0.15, 0.2) is 36.9 Å². The number of halogens is 5. The third kappa shape index (κ3) is 4.98. The third-order valence-electron chi connectivity index (χ3n) is 4.42. The Morgan fingerprint density at radius 1 is 1.16 bits per heavy atom. The molecular weight excluding hydrogens is 439 g/mol. The molecule has 2 aromatic heterocycles. The smallest absolute Gasteiger partial charge is 0.419 e. The molecule has 3 aromatic rings. The average Bonchev–Trinajstić information content (AvgIpc) is 3.26. The topological polar surface area (TPSA) is 86.0 Å². The molecule has 0 fully saturated rings. The molecule has 170 valence electrons. The Hall–Kier alpha value is -3.64. The number of ether oxygens (including phenoxy) is 1. The van der Waals surface area contributed by atoms with Crippen molar-refractivity contribution >= 4 is 5.91 Å². The van der Waals surface area contributed by atoms with E-state index in [1.54, 1.807) is 13.8 Å². The molecule has 13 heteroatoms. The molecule has 1 amide bonds. The molecule has 2 heterocycles. The largest absolute Gasteiger partial charge is 0.461 e. The lowest BCUT2D eigenvalue weighted by atomic mass is 10.1. The number of likely N-dealkylation sites (N-methyl/N-ethyl adjacent to an activating group) is 1. The van der Waals surface area contributed by atoms with Crippen molar-refractivity contribution in [3.05, 3.63) is 59.7 Å². The molecule has 1 unspecified atom stereocenters. The minimum atomic E-state index is -4.58. The number of amides is 1. The second-order valence-electron chi connectivity index (χ2n) is 6.61. The van der Waals surface area contributed by atoms with Gasteiger partial charge in [0.25, 0.3) is 5.91 Å². The van der Waals surface area contributed by atoms with E-state index < -0.39 is 35.3 Å². The van der Waals surface area contributed by atoms with Crippen LogP contribution in [0.2, 0.25) is 0 Å². The molecule has 0 aliphatic heterocycles. The lowest BCUT2D eigenvalue weighted by Crippen LogP contribution is -2.42. The highest BCUT2D eigenvalue weighted by Gasteiger charge is 2.31. The van der Waals surface area contributed by atoms with Gasteiger partial charge in [0.1, 0.15) is 18.1 Å². The van der Waals surface area contributed by atoms with Crippen molar-refractivity contribution in [2.75, 3.05) is 13.2 Å². The molecule has 0 radical (unpaired) electrons. The fourth-order valence-electron chi connectivity index (χ4n) is 2.90. The van der Waals surface area contributed by atoms with Crippen LogP contribution in [0.5, 0.6) is 6.01 Å². The summed E-state index contributed by atoms with van der Waals surface area (Å²) < 4.78 is 71.4. The van der Waals surface area contributed by atoms with E-state index in [1.165, 1.54) is 17.3 Å². The lowest BCUT2D eigenvalue weighted by molar-refractivity contribution is -0.138. The summed E-state index contributed by atoms with van der Waals surface area (Å²) >= 11 is 0. The van der Waals surface area contributed by atoms with Crippen molar-refractivity contribution in [2.24, 2.45) is 0 Å². The van der Waals surface area contributed by atoms with E-state index in [1.807, 2.05) is 0 Å². The van der Waals surface area contributed by atoms with Crippen LogP contribution in [-0.4, -0.2) is 55.0 Å². The highest BCUT2D eigenvalue weighted by Crippen LogP contribution is 2.28. The summed E-state index contributed by atoms with van der Waals surface area (Å²) in [5, 5.41) is 7.60. The first-order valence-electron chi connectivity index (χ1n) is 9.30. The quantitative estimate of drug-likeness (QED) is 0.508. The van der Waals surface area contributed by atoms with Crippen LogP contribution < -0.4 is 4.74 Å². The Balaban J connectivity index is 1.79. The van der Waals surface area contributed by atoms with E-state index in [0.29, 0.717) is 18.5 Å².